The van der Waals surface area contributed by atoms with Crippen LogP contribution in [0.3, 0.4) is 0 Å². The Morgan fingerprint density at radius 3 is 2.14 bits per heavy atom. The molecule has 10 heteroatoms. The van der Waals surface area contributed by atoms with Gasteiger partial charge in [-0.2, -0.15) is 0 Å². The third-order valence-corrected chi connectivity index (χ3v) is 9.61. The highest BCUT2D eigenvalue weighted by Gasteiger charge is 2.35. The number of halogens is 2. The number of hydrogen-bond donors (Lipinski definition) is 1. The lowest BCUT2D eigenvalue weighted by Gasteiger charge is -2.34. The minimum atomic E-state index is -4.17. The highest BCUT2D eigenvalue weighted by Crippen LogP contribution is 2.28. The van der Waals surface area contributed by atoms with Crippen molar-refractivity contribution in [1.29, 1.82) is 0 Å². The van der Waals surface area contributed by atoms with Crippen LogP contribution < -0.4 is 9.62 Å². The van der Waals surface area contributed by atoms with Crippen molar-refractivity contribution in [2.45, 2.75) is 37.8 Å². The topological polar surface area (TPSA) is 86.8 Å². The molecule has 0 fully saturated rings. The van der Waals surface area contributed by atoms with E-state index in [-0.39, 0.29) is 29.7 Å². The molecule has 0 saturated heterocycles. The average Bonchev–Trinajstić information content (AvgIpc) is 3.02. The molecule has 0 heterocycles. The van der Waals surface area contributed by atoms with Gasteiger partial charge in [0.1, 0.15) is 12.6 Å². The molecule has 0 aliphatic rings. The molecule has 0 spiro atoms. The van der Waals surface area contributed by atoms with E-state index in [9.17, 15) is 18.0 Å². The summed E-state index contributed by atoms with van der Waals surface area (Å²) < 4.78 is 29.8. The van der Waals surface area contributed by atoms with E-state index in [2.05, 4.69) is 21.2 Å². The number of sulfonamides is 1. The first-order valence-corrected chi connectivity index (χ1v) is 16.8. The monoisotopic (exact) mass is 695 g/mol. The van der Waals surface area contributed by atoms with Gasteiger partial charge in [-0.3, -0.25) is 13.9 Å². The molecule has 4 aromatic rings. The Balaban J connectivity index is 1.80. The Morgan fingerprint density at radius 2 is 1.50 bits per heavy atom. The molecule has 0 radical (unpaired) electrons. The summed E-state index contributed by atoms with van der Waals surface area (Å²) in [5, 5.41) is 3.42. The second-order valence-electron chi connectivity index (χ2n) is 10.8. The fourth-order valence-electron chi connectivity index (χ4n) is 4.67. The third kappa shape index (κ3) is 8.71. The maximum atomic E-state index is 14.5. The van der Waals surface area contributed by atoms with E-state index in [4.69, 9.17) is 11.6 Å². The van der Waals surface area contributed by atoms with Crippen molar-refractivity contribution < 1.29 is 18.0 Å². The van der Waals surface area contributed by atoms with Gasteiger partial charge in [-0.25, -0.2) is 8.42 Å². The van der Waals surface area contributed by atoms with Gasteiger partial charge in [-0.15, -0.1) is 0 Å². The Labute approximate surface area is 273 Å². The zero-order chi connectivity index (χ0) is 31.7. The summed E-state index contributed by atoms with van der Waals surface area (Å²) in [5.41, 5.74) is 1.80. The molecule has 0 aliphatic heterocycles. The van der Waals surface area contributed by atoms with Crippen LogP contribution in [0.5, 0.6) is 0 Å². The molecule has 1 N–H and O–H groups in total. The Kier molecular flexibility index (Phi) is 11.6. The van der Waals surface area contributed by atoms with Crippen molar-refractivity contribution in [3.63, 3.8) is 0 Å². The van der Waals surface area contributed by atoms with Gasteiger partial charge in [0.2, 0.25) is 11.8 Å². The van der Waals surface area contributed by atoms with E-state index >= 15 is 0 Å². The van der Waals surface area contributed by atoms with E-state index in [1.807, 2.05) is 50.2 Å². The number of benzene rings is 4. The van der Waals surface area contributed by atoms with E-state index in [0.717, 1.165) is 9.87 Å². The normalized spacial score (nSPS) is 12.0. The zero-order valence-electron chi connectivity index (χ0n) is 24.6. The van der Waals surface area contributed by atoms with Crippen molar-refractivity contribution in [1.82, 2.24) is 10.2 Å². The third-order valence-electron chi connectivity index (χ3n) is 6.96. The fraction of sp³-hybridized carbons (Fsp3) is 0.235. The molecule has 230 valence electrons. The molecule has 44 heavy (non-hydrogen) atoms. The highest BCUT2D eigenvalue weighted by molar-refractivity contribution is 9.10. The van der Waals surface area contributed by atoms with Gasteiger partial charge < -0.3 is 10.2 Å². The standard InChI is InChI=1S/C34H35BrClN3O4S/c1-25(2)22-37-34(41)32(20-26-12-5-3-6-13-26)38(23-27-14-9-10-19-31(27)36)33(40)24-39(29-16-11-15-28(35)21-29)44(42,43)30-17-7-4-8-18-30/h3-19,21,25,32H,20,22-24H2,1-2H3,(H,37,41)/t32-/m0/s1. The molecule has 2 amide bonds. The first-order valence-electron chi connectivity index (χ1n) is 14.2. The second-order valence-corrected chi connectivity index (χ2v) is 13.9. The van der Waals surface area contributed by atoms with Crippen LogP contribution in [-0.4, -0.2) is 44.3 Å². The molecule has 4 aromatic carbocycles. The highest BCUT2D eigenvalue weighted by atomic mass is 79.9. The van der Waals surface area contributed by atoms with Crippen molar-refractivity contribution >= 4 is 55.1 Å². The van der Waals surface area contributed by atoms with Crippen LogP contribution in [0.4, 0.5) is 5.69 Å². The van der Waals surface area contributed by atoms with E-state index < -0.39 is 28.5 Å². The van der Waals surface area contributed by atoms with Crippen molar-refractivity contribution in [3.05, 3.63) is 130 Å². The molecule has 0 bridgehead atoms. The Hall–Kier alpha value is -3.66. The number of nitrogens with zero attached hydrogens (tertiary/aromatic N) is 2. The summed E-state index contributed by atoms with van der Waals surface area (Å²) in [6.07, 6.45) is 0.225. The molecule has 4 rings (SSSR count). The number of carbonyl (C=O) groups excluding carboxylic acids is 2. The molecule has 0 aromatic heterocycles. The van der Waals surface area contributed by atoms with Gasteiger partial charge in [0.15, 0.2) is 0 Å². The largest absolute Gasteiger partial charge is 0.354 e. The van der Waals surface area contributed by atoms with Gasteiger partial charge in [-0.1, -0.05) is 114 Å². The predicted molar refractivity (Wildman–Crippen MR) is 179 cm³/mol. The van der Waals surface area contributed by atoms with Crippen LogP contribution in [0.2, 0.25) is 5.02 Å². The van der Waals surface area contributed by atoms with Crippen LogP contribution >= 0.6 is 27.5 Å². The molecule has 7 nitrogen and oxygen atoms in total. The van der Waals surface area contributed by atoms with Crippen LogP contribution in [-0.2, 0) is 32.6 Å². The lowest BCUT2D eigenvalue weighted by Crippen LogP contribution is -2.53. The summed E-state index contributed by atoms with van der Waals surface area (Å²) in [6, 6.07) is 30.3. The van der Waals surface area contributed by atoms with Crippen molar-refractivity contribution in [3.8, 4) is 0 Å². The SMILES string of the molecule is CC(C)CNC(=O)[C@H](Cc1ccccc1)N(Cc1ccccc1Cl)C(=O)CN(c1cccc(Br)c1)S(=O)(=O)c1ccccc1. The maximum absolute atomic E-state index is 14.5. The van der Waals surface area contributed by atoms with Gasteiger partial charge in [0, 0.05) is 29.0 Å². The number of rotatable bonds is 13. The number of nitrogens with one attached hydrogen (secondary N) is 1. The molecule has 1 atom stereocenters. The van der Waals surface area contributed by atoms with E-state index in [1.54, 1.807) is 60.7 Å². The van der Waals surface area contributed by atoms with Gasteiger partial charge in [0.05, 0.1) is 10.6 Å². The number of hydrogen-bond acceptors (Lipinski definition) is 4. The molecule has 0 unspecified atom stereocenters. The fourth-order valence-corrected chi connectivity index (χ4v) is 6.68. The summed E-state index contributed by atoms with van der Waals surface area (Å²) in [7, 11) is -4.17. The van der Waals surface area contributed by atoms with Crippen LogP contribution in [0, 0.1) is 5.92 Å². The van der Waals surface area contributed by atoms with E-state index in [0.29, 0.717) is 27.3 Å². The molecular formula is C34H35BrClN3O4S. The molecular weight excluding hydrogens is 662 g/mol. The van der Waals surface area contributed by atoms with E-state index in [1.165, 1.54) is 17.0 Å². The molecule has 0 saturated carbocycles. The minimum absolute atomic E-state index is 0.00279. The molecule has 0 aliphatic carbocycles. The average molecular weight is 697 g/mol. The lowest BCUT2D eigenvalue weighted by molar-refractivity contribution is -0.140. The maximum Gasteiger partial charge on any atom is 0.264 e. The minimum Gasteiger partial charge on any atom is -0.354 e. The van der Waals surface area contributed by atoms with Gasteiger partial charge in [-0.05, 0) is 53.4 Å². The smallest absolute Gasteiger partial charge is 0.264 e. The quantitative estimate of drug-likeness (QED) is 0.168. The Bertz CT molecular complexity index is 1670. The first kappa shape index (κ1) is 33.2. The van der Waals surface area contributed by atoms with Crippen LogP contribution in [0.1, 0.15) is 25.0 Å². The van der Waals surface area contributed by atoms with Gasteiger partial charge >= 0.3 is 0 Å². The van der Waals surface area contributed by atoms with Gasteiger partial charge in [0.25, 0.3) is 10.0 Å². The van der Waals surface area contributed by atoms with Crippen LogP contribution in [0.25, 0.3) is 0 Å². The second kappa shape index (κ2) is 15.4. The number of anilines is 1. The van der Waals surface area contributed by atoms with Crippen molar-refractivity contribution in [2.75, 3.05) is 17.4 Å². The van der Waals surface area contributed by atoms with Crippen LogP contribution in [0.15, 0.2) is 119 Å². The summed E-state index contributed by atoms with van der Waals surface area (Å²) in [5.74, 6) is -0.694. The Morgan fingerprint density at radius 1 is 0.864 bits per heavy atom. The lowest BCUT2D eigenvalue weighted by atomic mass is 10.0. The number of carbonyl (C=O) groups is 2. The zero-order valence-corrected chi connectivity index (χ0v) is 27.7. The summed E-state index contributed by atoms with van der Waals surface area (Å²) in [6.45, 7) is 3.86. The first-order chi connectivity index (χ1) is 21.1. The number of amides is 2. The summed E-state index contributed by atoms with van der Waals surface area (Å²) in [4.78, 5) is 29.8. The van der Waals surface area contributed by atoms with Crippen molar-refractivity contribution in [2.24, 2.45) is 5.92 Å². The summed E-state index contributed by atoms with van der Waals surface area (Å²) >= 11 is 9.97. The predicted octanol–water partition coefficient (Wildman–Crippen LogP) is 6.71.